The standard InChI is InChI=1S/C14H12ClF2N3O/c1-18-12-5-3-10(15)13(20-12)14(21)19-7-8-6-9(16)2-4-11(8)17/h2-6H,7H2,1H3,(H,18,20)(H,19,21). The first kappa shape index (κ1) is 15.2. The number of nitrogens with one attached hydrogen (secondary N) is 2. The molecular weight excluding hydrogens is 300 g/mol. The molecule has 0 bridgehead atoms. The number of hydrogen-bond donors (Lipinski definition) is 2. The lowest BCUT2D eigenvalue weighted by atomic mass is 10.2. The average Bonchev–Trinajstić information content (AvgIpc) is 2.48. The molecule has 0 aliphatic rings. The molecule has 0 saturated heterocycles. The first-order valence-electron chi connectivity index (χ1n) is 6.07. The van der Waals surface area contributed by atoms with Gasteiger partial charge in [0.2, 0.25) is 0 Å². The second kappa shape index (κ2) is 6.49. The van der Waals surface area contributed by atoms with Gasteiger partial charge in [0, 0.05) is 19.2 Å². The normalized spacial score (nSPS) is 10.3. The molecule has 0 aliphatic heterocycles. The van der Waals surface area contributed by atoms with Gasteiger partial charge in [0.1, 0.15) is 23.1 Å². The smallest absolute Gasteiger partial charge is 0.271 e. The van der Waals surface area contributed by atoms with Gasteiger partial charge in [-0.3, -0.25) is 4.79 Å². The van der Waals surface area contributed by atoms with Crippen LogP contribution in [-0.2, 0) is 6.54 Å². The molecule has 1 aromatic carbocycles. The molecule has 0 fully saturated rings. The highest BCUT2D eigenvalue weighted by atomic mass is 35.5. The minimum atomic E-state index is -0.597. The molecule has 0 saturated carbocycles. The number of nitrogens with zero attached hydrogens (tertiary/aromatic N) is 1. The van der Waals surface area contributed by atoms with Crippen LogP contribution in [0.15, 0.2) is 30.3 Å². The van der Waals surface area contributed by atoms with E-state index >= 15 is 0 Å². The van der Waals surface area contributed by atoms with E-state index in [4.69, 9.17) is 11.6 Å². The second-order valence-corrected chi connectivity index (χ2v) is 4.60. The molecule has 0 spiro atoms. The van der Waals surface area contributed by atoms with Gasteiger partial charge in [-0.05, 0) is 30.3 Å². The number of rotatable bonds is 4. The molecule has 1 amide bonds. The number of anilines is 1. The van der Waals surface area contributed by atoms with Crippen molar-refractivity contribution in [2.75, 3.05) is 12.4 Å². The predicted molar refractivity (Wildman–Crippen MR) is 76.3 cm³/mol. The number of amides is 1. The fourth-order valence-corrected chi connectivity index (χ4v) is 1.87. The zero-order valence-corrected chi connectivity index (χ0v) is 11.8. The lowest BCUT2D eigenvalue weighted by molar-refractivity contribution is 0.0946. The summed E-state index contributed by atoms with van der Waals surface area (Å²) in [5.74, 6) is -1.27. The fraction of sp³-hybridized carbons (Fsp3) is 0.143. The van der Waals surface area contributed by atoms with Gasteiger partial charge in [-0.25, -0.2) is 13.8 Å². The SMILES string of the molecule is CNc1ccc(Cl)c(C(=O)NCc2cc(F)ccc2F)n1. The Morgan fingerprint density at radius 2 is 2.05 bits per heavy atom. The summed E-state index contributed by atoms with van der Waals surface area (Å²) in [6.45, 7) is -0.162. The summed E-state index contributed by atoms with van der Waals surface area (Å²) < 4.78 is 26.5. The molecule has 2 N–H and O–H groups in total. The van der Waals surface area contributed by atoms with E-state index in [1.54, 1.807) is 13.1 Å². The van der Waals surface area contributed by atoms with Crippen molar-refractivity contribution in [2.24, 2.45) is 0 Å². The molecular formula is C14H12ClF2N3O. The van der Waals surface area contributed by atoms with Gasteiger partial charge >= 0.3 is 0 Å². The highest BCUT2D eigenvalue weighted by molar-refractivity contribution is 6.33. The first-order valence-corrected chi connectivity index (χ1v) is 6.45. The number of halogens is 3. The van der Waals surface area contributed by atoms with Gasteiger partial charge < -0.3 is 10.6 Å². The van der Waals surface area contributed by atoms with Crippen molar-refractivity contribution in [3.63, 3.8) is 0 Å². The van der Waals surface area contributed by atoms with Crippen molar-refractivity contribution >= 4 is 23.3 Å². The van der Waals surface area contributed by atoms with E-state index in [2.05, 4.69) is 15.6 Å². The van der Waals surface area contributed by atoms with E-state index in [9.17, 15) is 13.6 Å². The number of hydrogen-bond acceptors (Lipinski definition) is 3. The van der Waals surface area contributed by atoms with Crippen LogP contribution in [0.2, 0.25) is 5.02 Å². The van der Waals surface area contributed by atoms with Gasteiger partial charge in [0.15, 0.2) is 0 Å². The van der Waals surface area contributed by atoms with Crippen molar-refractivity contribution in [1.82, 2.24) is 10.3 Å². The summed E-state index contributed by atoms with van der Waals surface area (Å²) >= 11 is 5.90. The summed E-state index contributed by atoms with van der Waals surface area (Å²) in [6, 6.07) is 6.18. The van der Waals surface area contributed by atoms with Gasteiger partial charge in [-0.15, -0.1) is 0 Å². The molecule has 0 aliphatic carbocycles. The minimum Gasteiger partial charge on any atom is -0.373 e. The topological polar surface area (TPSA) is 54.0 Å². The van der Waals surface area contributed by atoms with Crippen LogP contribution in [0.25, 0.3) is 0 Å². The predicted octanol–water partition coefficient (Wildman–Crippen LogP) is 2.98. The van der Waals surface area contributed by atoms with Crippen LogP contribution < -0.4 is 10.6 Å². The quantitative estimate of drug-likeness (QED) is 0.912. The van der Waals surface area contributed by atoms with Crippen LogP contribution in [0.4, 0.5) is 14.6 Å². The Balaban J connectivity index is 2.13. The number of aromatic nitrogens is 1. The Bertz CT molecular complexity index is 679. The van der Waals surface area contributed by atoms with Crippen LogP contribution in [0.3, 0.4) is 0 Å². The summed E-state index contributed by atoms with van der Waals surface area (Å²) in [4.78, 5) is 16.0. The molecule has 0 unspecified atom stereocenters. The van der Waals surface area contributed by atoms with Crippen LogP contribution in [-0.4, -0.2) is 17.9 Å². The summed E-state index contributed by atoms with van der Waals surface area (Å²) in [6.07, 6.45) is 0. The highest BCUT2D eigenvalue weighted by Crippen LogP contribution is 2.17. The minimum absolute atomic E-state index is 0.0142. The largest absolute Gasteiger partial charge is 0.373 e. The second-order valence-electron chi connectivity index (χ2n) is 4.20. The summed E-state index contributed by atoms with van der Waals surface area (Å²) in [5.41, 5.74) is 0.0598. The Morgan fingerprint density at radius 3 is 2.76 bits per heavy atom. The molecule has 7 heteroatoms. The molecule has 0 atom stereocenters. The van der Waals surface area contributed by atoms with Gasteiger partial charge in [-0.2, -0.15) is 0 Å². The number of carbonyl (C=O) groups excluding carboxylic acids is 1. The van der Waals surface area contributed by atoms with Crippen molar-refractivity contribution in [3.05, 3.63) is 58.2 Å². The van der Waals surface area contributed by atoms with E-state index in [1.165, 1.54) is 6.07 Å². The van der Waals surface area contributed by atoms with Gasteiger partial charge in [0.25, 0.3) is 5.91 Å². The van der Waals surface area contributed by atoms with Crippen molar-refractivity contribution in [1.29, 1.82) is 0 Å². The van der Waals surface area contributed by atoms with Crippen LogP contribution in [0.1, 0.15) is 16.1 Å². The van der Waals surface area contributed by atoms with Gasteiger partial charge in [-0.1, -0.05) is 11.6 Å². The first-order chi connectivity index (χ1) is 10.0. The molecule has 2 aromatic rings. The third-order valence-electron chi connectivity index (χ3n) is 2.76. The molecule has 110 valence electrons. The molecule has 1 heterocycles. The Morgan fingerprint density at radius 1 is 1.29 bits per heavy atom. The molecule has 4 nitrogen and oxygen atoms in total. The molecule has 0 radical (unpaired) electrons. The lowest BCUT2D eigenvalue weighted by Crippen LogP contribution is -2.25. The van der Waals surface area contributed by atoms with E-state index in [1.807, 2.05) is 0 Å². The average molecular weight is 312 g/mol. The number of carbonyl (C=O) groups is 1. The van der Waals surface area contributed by atoms with E-state index in [-0.39, 0.29) is 22.8 Å². The third-order valence-corrected chi connectivity index (χ3v) is 3.07. The maximum Gasteiger partial charge on any atom is 0.271 e. The third kappa shape index (κ3) is 3.66. The Hall–Kier alpha value is -2.21. The summed E-state index contributed by atoms with van der Waals surface area (Å²) in [5, 5.41) is 5.41. The monoisotopic (exact) mass is 311 g/mol. The maximum atomic E-state index is 13.5. The zero-order valence-electron chi connectivity index (χ0n) is 11.1. The fourth-order valence-electron chi connectivity index (χ4n) is 1.68. The highest BCUT2D eigenvalue weighted by Gasteiger charge is 2.14. The van der Waals surface area contributed by atoms with Gasteiger partial charge in [0.05, 0.1) is 5.02 Å². The van der Waals surface area contributed by atoms with Crippen molar-refractivity contribution in [3.8, 4) is 0 Å². The lowest BCUT2D eigenvalue weighted by Gasteiger charge is -2.08. The molecule has 1 aromatic heterocycles. The van der Waals surface area contributed by atoms with Crippen LogP contribution in [0.5, 0.6) is 0 Å². The van der Waals surface area contributed by atoms with Crippen molar-refractivity contribution < 1.29 is 13.6 Å². The van der Waals surface area contributed by atoms with Crippen molar-refractivity contribution in [2.45, 2.75) is 6.54 Å². The zero-order chi connectivity index (χ0) is 15.4. The van der Waals surface area contributed by atoms with E-state index in [0.717, 1.165) is 18.2 Å². The van der Waals surface area contributed by atoms with E-state index in [0.29, 0.717) is 5.82 Å². The maximum absolute atomic E-state index is 13.5. The van der Waals surface area contributed by atoms with E-state index < -0.39 is 17.5 Å². The van der Waals surface area contributed by atoms with Crippen LogP contribution in [0, 0.1) is 11.6 Å². The summed E-state index contributed by atoms with van der Waals surface area (Å²) in [7, 11) is 1.65. The Kier molecular flexibility index (Phi) is 4.70. The number of benzene rings is 1. The molecule has 21 heavy (non-hydrogen) atoms. The Labute approximate surface area is 125 Å². The number of pyridine rings is 1. The van der Waals surface area contributed by atoms with Crippen LogP contribution >= 0.6 is 11.6 Å². The molecule has 2 rings (SSSR count).